The zero-order valence-electron chi connectivity index (χ0n) is 8.09. The van der Waals surface area contributed by atoms with Gasteiger partial charge in [-0.25, -0.2) is 4.79 Å². The van der Waals surface area contributed by atoms with Gasteiger partial charge in [0.2, 0.25) is 0 Å². The molecule has 0 aliphatic carbocycles. The third kappa shape index (κ3) is 2.09. The number of aromatic nitrogens is 2. The molecule has 1 N–H and O–H groups in total. The van der Waals surface area contributed by atoms with Crippen molar-refractivity contribution in [3.63, 3.8) is 0 Å². The van der Waals surface area contributed by atoms with Crippen molar-refractivity contribution in [1.29, 1.82) is 0 Å². The lowest BCUT2D eigenvalue weighted by molar-refractivity contribution is 0.0689. The third-order valence-electron chi connectivity index (χ3n) is 2.03. The highest BCUT2D eigenvalue weighted by Gasteiger charge is 2.07. The Labute approximate surface area is 100 Å². The smallest absolute Gasteiger partial charge is 0.356 e. The Balaban J connectivity index is 2.43. The molecule has 80 valence electrons. The van der Waals surface area contributed by atoms with Crippen LogP contribution in [0.25, 0.3) is 11.3 Å². The number of aromatic carboxylic acids is 1. The van der Waals surface area contributed by atoms with E-state index in [1.54, 1.807) is 6.07 Å². The first kappa shape index (κ1) is 10.8. The molecule has 1 aromatic heterocycles. The van der Waals surface area contributed by atoms with Gasteiger partial charge in [-0.1, -0.05) is 34.1 Å². The van der Waals surface area contributed by atoms with Crippen LogP contribution in [0, 0.1) is 0 Å². The monoisotopic (exact) mass is 278 g/mol. The minimum atomic E-state index is -1.08. The molecule has 1 heterocycles. The molecule has 0 radical (unpaired) electrons. The predicted molar refractivity (Wildman–Crippen MR) is 62.1 cm³/mol. The van der Waals surface area contributed by atoms with Crippen molar-refractivity contribution in [3.05, 3.63) is 46.6 Å². The van der Waals surface area contributed by atoms with Crippen LogP contribution in [0.5, 0.6) is 0 Å². The Hall–Kier alpha value is -1.75. The highest BCUT2D eigenvalue weighted by molar-refractivity contribution is 9.10. The van der Waals surface area contributed by atoms with Crippen LogP contribution in [0.4, 0.5) is 0 Å². The highest BCUT2D eigenvalue weighted by atomic mass is 79.9. The Bertz CT molecular complexity index is 526. The van der Waals surface area contributed by atoms with Gasteiger partial charge in [0.15, 0.2) is 5.69 Å². The largest absolute Gasteiger partial charge is 0.476 e. The van der Waals surface area contributed by atoms with Crippen LogP contribution < -0.4 is 0 Å². The van der Waals surface area contributed by atoms with E-state index < -0.39 is 5.97 Å². The number of halogens is 1. The summed E-state index contributed by atoms with van der Waals surface area (Å²) in [5.74, 6) is -1.08. The van der Waals surface area contributed by atoms with Crippen LogP contribution in [-0.2, 0) is 0 Å². The van der Waals surface area contributed by atoms with E-state index in [4.69, 9.17) is 5.11 Å². The molecule has 0 saturated heterocycles. The molecular formula is C11H7BrN2O2. The van der Waals surface area contributed by atoms with E-state index in [9.17, 15) is 4.79 Å². The molecule has 0 atom stereocenters. The van der Waals surface area contributed by atoms with Crippen molar-refractivity contribution < 1.29 is 9.90 Å². The molecule has 0 bridgehead atoms. The van der Waals surface area contributed by atoms with Gasteiger partial charge >= 0.3 is 5.97 Å². The highest BCUT2D eigenvalue weighted by Crippen LogP contribution is 2.25. The molecular weight excluding hydrogens is 272 g/mol. The summed E-state index contributed by atoms with van der Waals surface area (Å²) in [6.45, 7) is 0. The lowest BCUT2D eigenvalue weighted by Gasteiger charge is -2.02. The first-order valence-electron chi connectivity index (χ1n) is 4.50. The molecule has 16 heavy (non-hydrogen) atoms. The Morgan fingerprint density at radius 3 is 2.44 bits per heavy atom. The lowest BCUT2D eigenvalue weighted by atomic mass is 10.1. The van der Waals surface area contributed by atoms with Gasteiger partial charge in [0, 0.05) is 10.0 Å². The van der Waals surface area contributed by atoms with Gasteiger partial charge in [-0.05, 0) is 18.2 Å². The number of rotatable bonds is 2. The van der Waals surface area contributed by atoms with E-state index in [-0.39, 0.29) is 5.69 Å². The van der Waals surface area contributed by atoms with Gasteiger partial charge in [0.05, 0.1) is 5.69 Å². The lowest BCUT2D eigenvalue weighted by Crippen LogP contribution is -2.02. The fraction of sp³-hybridized carbons (Fsp3) is 0. The summed E-state index contributed by atoms with van der Waals surface area (Å²) in [5, 5.41) is 16.2. The maximum absolute atomic E-state index is 10.6. The summed E-state index contributed by atoms with van der Waals surface area (Å²) in [6, 6.07) is 10.6. The van der Waals surface area contributed by atoms with E-state index in [2.05, 4.69) is 26.1 Å². The maximum atomic E-state index is 10.6. The summed E-state index contributed by atoms with van der Waals surface area (Å²) >= 11 is 3.40. The second-order valence-electron chi connectivity index (χ2n) is 3.09. The molecule has 0 amide bonds. The molecule has 2 rings (SSSR count). The molecule has 0 aliphatic rings. The van der Waals surface area contributed by atoms with Gasteiger partial charge in [-0.3, -0.25) is 0 Å². The van der Waals surface area contributed by atoms with Gasteiger partial charge < -0.3 is 5.11 Å². The van der Waals surface area contributed by atoms with Crippen LogP contribution in [-0.4, -0.2) is 21.3 Å². The number of carbonyl (C=O) groups is 1. The minimum absolute atomic E-state index is 0.0594. The first-order valence-corrected chi connectivity index (χ1v) is 5.29. The topological polar surface area (TPSA) is 63.1 Å². The minimum Gasteiger partial charge on any atom is -0.476 e. The summed E-state index contributed by atoms with van der Waals surface area (Å²) in [5.41, 5.74) is 1.46. The first-order chi connectivity index (χ1) is 7.68. The van der Waals surface area contributed by atoms with Crippen LogP contribution >= 0.6 is 15.9 Å². The van der Waals surface area contributed by atoms with Crippen LogP contribution in [0.2, 0.25) is 0 Å². The van der Waals surface area contributed by atoms with Crippen LogP contribution in [0.1, 0.15) is 10.5 Å². The van der Waals surface area contributed by atoms with Crippen LogP contribution in [0.3, 0.4) is 0 Å². The molecule has 0 spiro atoms. The van der Waals surface area contributed by atoms with E-state index in [1.165, 1.54) is 6.07 Å². The van der Waals surface area contributed by atoms with Crippen molar-refractivity contribution >= 4 is 21.9 Å². The summed E-state index contributed by atoms with van der Waals surface area (Å²) in [6.07, 6.45) is 0. The number of benzene rings is 1. The van der Waals surface area contributed by atoms with Crippen LogP contribution in [0.15, 0.2) is 40.9 Å². The molecule has 0 unspecified atom stereocenters. The molecule has 0 aliphatic heterocycles. The summed E-state index contributed by atoms with van der Waals surface area (Å²) in [7, 11) is 0. The number of hydrogen-bond donors (Lipinski definition) is 1. The maximum Gasteiger partial charge on any atom is 0.356 e. The molecule has 4 nitrogen and oxygen atoms in total. The second kappa shape index (κ2) is 4.40. The number of nitrogens with zero attached hydrogens (tertiary/aromatic N) is 2. The summed E-state index contributed by atoms with van der Waals surface area (Å²) < 4.78 is 0.896. The molecule has 5 heteroatoms. The molecule has 1 aromatic carbocycles. The number of carboxylic acid groups (broad SMARTS) is 1. The van der Waals surface area contributed by atoms with Crippen molar-refractivity contribution in [1.82, 2.24) is 10.2 Å². The Morgan fingerprint density at radius 1 is 1.12 bits per heavy atom. The Morgan fingerprint density at radius 2 is 1.88 bits per heavy atom. The van der Waals surface area contributed by atoms with Crippen molar-refractivity contribution in [2.45, 2.75) is 0 Å². The van der Waals surface area contributed by atoms with Gasteiger partial charge in [0.25, 0.3) is 0 Å². The SMILES string of the molecule is O=C(O)c1ccc(-c2ccccc2Br)nn1. The standard InChI is InChI=1S/C11H7BrN2O2/c12-8-4-2-1-3-7(8)9-5-6-10(11(15)16)14-13-9/h1-6H,(H,15,16). The van der Waals surface area contributed by atoms with Crippen molar-refractivity contribution in [3.8, 4) is 11.3 Å². The van der Waals surface area contributed by atoms with E-state index in [0.717, 1.165) is 10.0 Å². The number of carboxylic acids is 1. The quantitative estimate of drug-likeness (QED) is 0.917. The normalized spacial score (nSPS) is 10.1. The summed E-state index contributed by atoms with van der Waals surface area (Å²) in [4.78, 5) is 10.6. The molecule has 2 aromatic rings. The number of hydrogen-bond acceptors (Lipinski definition) is 3. The second-order valence-corrected chi connectivity index (χ2v) is 3.94. The fourth-order valence-corrected chi connectivity index (χ4v) is 1.75. The average Bonchev–Trinajstić information content (AvgIpc) is 2.30. The third-order valence-corrected chi connectivity index (χ3v) is 2.72. The van der Waals surface area contributed by atoms with Gasteiger partial charge in [-0.15, -0.1) is 10.2 Å². The molecule has 0 saturated carbocycles. The van der Waals surface area contributed by atoms with Gasteiger partial charge in [0.1, 0.15) is 0 Å². The van der Waals surface area contributed by atoms with E-state index in [1.807, 2.05) is 24.3 Å². The van der Waals surface area contributed by atoms with E-state index >= 15 is 0 Å². The predicted octanol–water partition coefficient (Wildman–Crippen LogP) is 2.60. The zero-order chi connectivity index (χ0) is 11.5. The Kier molecular flexibility index (Phi) is 2.96. The van der Waals surface area contributed by atoms with Crippen molar-refractivity contribution in [2.24, 2.45) is 0 Å². The fourth-order valence-electron chi connectivity index (χ4n) is 1.26. The average molecular weight is 279 g/mol. The van der Waals surface area contributed by atoms with Gasteiger partial charge in [-0.2, -0.15) is 0 Å². The van der Waals surface area contributed by atoms with Crippen molar-refractivity contribution in [2.75, 3.05) is 0 Å². The zero-order valence-corrected chi connectivity index (χ0v) is 9.68. The van der Waals surface area contributed by atoms with E-state index in [0.29, 0.717) is 5.69 Å². The molecule has 0 fully saturated rings.